The minimum Gasteiger partial charge on any atom is -0.315 e. The van der Waals surface area contributed by atoms with Crippen molar-refractivity contribution in [3.8, 4) is 0 Å². The zero-order chi connectivity index (χ0) is 20.6. The van der Waals surface area contributed by atoms with E-state index in [4.69, 9.17) is 23.8 Å². The number of anilines is 1. The minimum absolute atomic E-state index is 0.0286. The number of fused-ring (bicyclic) bond motifs is 3. The number of allylic oxidation sites excluding steroid dienone is 1. The van der Waals surface area contributed by atoms with Crippen LogP contribution in [0.3, 0.4) is 0 Å². The highest BCUT2D eigenvalue weighted by Gasteiger charge is 2.67. The van der Waals surface area contributed by atoms with Crippen LogP contribution in [0, 0.1) is 16.7 Å². The first-order valence-corrected chi connectivity index (χ1v) is 9.94. The number of benzene rings is 1. The number of nitrogens with zero attached hydrogens (tertiary/aromatic N) is 2. The van der Waals surface area contributed by atoms with Crippen molar-refractivity contribution in [1.29, 1.82) is 0 Å². The van der Waals surface area contributed by atoms with Gasteiger partial charge in [-0.1, -0.05) is 49.7 Å². The van der Waals surface area contributed by atoms with Gasteiger partial charge in [0.25, 0.3) is 0 Å². The molecule has 144 valence electrons. The van der Waals surface area contributed by atoms with Crippen molar-refractivity contribution in [2.24, 2.45) is 21.7 Å². The minimum atomic E-state index is -1.41. The molecule has 0 saturated heterocycles. The summed E-state index contributed by atoms with van der Waals surface area (Å²) in [7, 11) is 1.77. The lowest BCUT2D eigenvalue weighted by Crippen LogP contribution is -2.55. The summed E-state index contributed by atoms with van der Waals surface area (Å²) >= 11 is 11.8. The molecule has 0 N–H and O–H groups in total. The average molecular weight is 413 g/mol. The van der Waals surface area contributed by atoms with Crippen LogP contribution in [0.2, 0.25) is 0 Å². The topological polar surface area (TPSA) is 49.7 Å². The number of ketones is 1. The Labute approximate surface area is 175 Å². The third-order valence-electron chi connectivity index (χ3n) is 7.07. The highest BCUT2D eigenvalue weighted by atomic mass is 35.5. The second-order valence-electron chi connectivity index (χ2n) is 8.57. The van der Waals surface area contributed by atoms with Gasteiger partial charge in [-0.25, -0.2) is 4.99 Å². The molecule has 1 heterocycles. The Kier molecular flexibility index (Phi) is 3.94. The van der Waals surface area contributed by atoms with Crippen LogP contribution in [0.5, 0.6) is 0 Å². The predicted octanol–water partition coefficient (Wildman–Crippen LogP) is 4.60. The Bertz CT molecular complexity index is 1040. The molecule has 28 heavy (non-hydrogen) atoms. The van der Waals surface area contributed by atoms with E-state index in [9.17, 15) is 9.59 Å². The fourth-order valence-corrected chi connectivity index (χ4v) is 5.81. The lowest BCUT2D eigenvalue weighted by molar-refractivity contribution is -0.134. The molecular formula is C22H21ClN2O2S. The second-order valence-corrected chi connectivity index (χ2v) is 9.16. The van der Waals surface area contributed by atoms with Crippen LogP contribution in [-0.4, -0.2) is 23.9 Å². The molecule has 0 fully saturated rings. The van der Waals surface area contributed by atoms with Crippen LogP contribution in [0.1, 0.15) is 37.8 Å². The molecule has 1 aromatic carbocycles. The van der Waals surface area contributed by atoms with E-state index in [1.807, 2.05) is 39.0 Å². The Morgan fingerprint density at radius 2 is 2.00 bits per heavy atom. The molecule has 1 aliphatic heterocycles. The van der Waals surface area contributed by atoms with Gasteiger partial charge in [0.1, 0.15) is 0 Å². The van der Waals surface area contributed by atoms with Gasteiger partial charge in [0.05, 0.1) is 16.5 Å². The Hall–Kier alpha value is -2.07. The summed E-state index contributed by atoms with van der Waals surface area (Å²) in [5.74, 6) is -1.23. The predicted molar refractivity (Wildman–Crippen MR) is 114 cm³/mol. The standard InChI is InChI=1S/C22H21ClN2O2S/c1-6-21(4)15(23)10-13-18(26)22(21,24-11-28)12-8-7-9-14-16(12)17(20(13,2)3)19(27)25(14)5/h6-10,13,17H,1H2,2-5H3/t13-,17-,21-,22-/m1/s1. The van der Waals surface area contributed by atoms with Gasteiger partial charge in [-0.05, 0) is 41.7 Å². The van der Waals surface area contributed by atoms with Crippen LogP contribution < -0.4 is 4.90 Å². The maximum Gasteiger partial charge on any atom is 0.234 e. The lowest BCUT2D eigenvalue weighted by atomic mass is 9.57. The van der Waals surface area contributed by atoms with E-state index >= 15 is 0 Å². The molecule has 0 aromatic heterocycles. The molecule has 4 atom stereocenters. The number of hydrogen-bond acceptors (Lipinski definition) is 4. The summed E-state index contributed by atoms with van der Waals surface area (Å²) in [5.41, 5.74) is -0.807. The molecule has 4 nitrogen and oxygen atoms in total. The monoisotopic (exact) mass is 412 g/mol. The van der Waals surface area contributed by atoms with Crippen LogP contribution in [0.25, 0.3) is 0 Å². The Morgan fingerprint density at radius 3 is 2.61 bits per heavy atom. The number of amides is 1. The molecule has 1 aromatic rings. The van der Waals surface area contributed by atoms with Crippen molar-refractivity contribution in [2.75, 3.05) is 11.9 Å². The molecule has 4 rings (SSSR count). The number of hydrogen-bond donors (Lipinski definition) is 0. The van der Waals surface area contributed by atoms with E-state index in [1.54, 1.807) is 24.1 Å². The van der Waals surface area contributed by atoms with Crippen LogP contribution >= 0.6 is 23.8 Å². The lowest BCUT2D eigenvalue weighted by Gasteiger charge is -2.48. The van der Waals surface area contributed by atoms with Crippen LogP contribution in [0.15, 0.2) is 47.0 Å². The van der Waals surface area contributed by atoms with E-state index in [2.05, 4.69) is 16.7 Å². The second kappa shape index (κ2) is 5.73. The van der Waals surface area contributed by atoms with Crippen molar-refractivity contribution in [2.45, 2.75) is 32.2 Å². The van der Waals surface area contributed by atoms with Gasteiger partial charge in [-0.15, -0.1) is 6.58 Å². The summed E-state index contributed by atoms with van der Waals surface area (Å²) in [5, 5.41) is 2.93. The van der Waals surface area contributed by atoms with Gasteiger partial charge in [0.15, 0.2) is 11.3 Å². The number of likely N-dealkylation sites (N-methyl/N-ethyl adjacent to an activating group) is 1. The molecule has 0 spiro atoms. The third kappa shape index (κ3) is 1.87. The van der Waals surface area contributed by atoms with Gasteiger partial charge < -0.3 is 4.90 Å². The fraction of sp³-hybridized carbons (Fsp3) is 0.409. The van der Waals surface area contributed by atoms with E-state index in [1.165, 1.54) is 0 Å². The zero-order valence-corrected chi connectivity index (χ0v) is 17.8. The molecule has 3 aliphatic rings. The van der Waals surface area contributed by atoms with Gasteiger partial charge in [0.2, 0.25) is 5.91 Å². The molecule has 2 aliphatic carbocycles. The van der Waals surface area contributed by atoms with Crippen molar-refractivity contribution in [3.63, 3.8) is 0 Å². The first-order valence-electron chi connectivity index (χ1n) is 9.15. The summed E-state index contributed by atoms with van der Waals surface area (Å²) < 4.78 is 0. The summed E-state index contributed by atoms with van der Waals surface area (Å²) in [6.07, 6.45) is 3.43. The molecular weight excluding hydrogens is 392 g/mol. The number of carbonyl (C=O) groups is 2. The molecule has 2 bridgehead atoms. The number of carbonyl (C=O) groups excluding carboxylic acids is 2. The quantitative estimate of drug-likeness (QED) is 0.405. The number of Topliss-reactive ketones (excluding diaryl/α,β-unsaturated/α-hetero) is 1. The van der Waals surface area contributed by atoms with Crippen molar-refractivity contribution in [1.82, 2.24) is 0 Å². The highest BCUT2D eigenvalue weighted by Crippen LogP contribution is 2.65. The van der Waals surface area contributed by atoms with E-state index in [0.29, 0.717) is 10.6 Å². The van der Waals surface area contributed by atoms with Crippen LogP contribution in [0.4, 0.5) is 5.69 Å². The normalized spacial score (nSPS) is 34.9. The smallest absolute Gasteiger partial charge is 0.234 e. The highest BCUT2D eigenvalue weighted by molar-refractivity contribution is 7.78. The number of thiocarbonyl (C=S) groups is 1. The van der Waals surface area contributed by atoms with Gasteiger partial charge in [0, 0.05) is 23.7 Å². The van der Waals surface area contributed by atoms with Crippen molar-refractivity contribution >= 4 is 46.4 Å². The van der Waals surface area contributed by atoms with Gasteiger partial charge >= 0.3 is 0 Å². The van der Waals surface area contributed by atoms with Crippen LogP contribution in [-0.2, 0) is 15.1 Å². The third-order valence-corrected chi connectivity index (χ3v) is 7.68. The maximum atomic E-state index is 14.1. The Morgan fingerprint density at radius 1 is 1.32 bits per heavy atom. The molecule has 0 unspecified atom stereocenters. The number of isothiocyanates is 1. The molecule has 1 amide bonds. The largest absolute Gasteiger partial charge is 0.315 e. The Balaban J connectivity index is 2.28. The number of aliphatic imine (C=N–C) groups is 1. The van der Waals surface area contributed by atoms with E-state index in [0.717, 1.165) is 11.3 Å². The summed E-state index contributed by atoms with van der Waals surface area (Å²) in [6.45, 7) is 9.71. The first kappa shape index (κ1) is 19.3. The fourth-order valence-electron chi connectivity index (χ4n) is 5.33. The van der Waals surface area contributed by atoms with Gasteiger partial charge in [-0.2, -0.15) is 0 Å². The molecule has 0 saturated carbocycles. The number of halogens is 1. The average Bonchev–Trinajstić information content (AvgIpc) is 2.90. The maximum absolute atomic E-state index is 14.1. The summed E-state index contributed by atoms with van der Waals surface area (Å²) in [6, 6.07) is 5.61. The summed E-state index contributed by atoms with van der Waals surface area (Å²) in [4.78, 5) is 33.5. The van der Waals surface area contributed by atoms with E-state index < -0.39 is 28.2 Å². The van der Waals surface area contributed by atoms with Crippen molar-refractivity contribution < 1.29 is 9.59 Å². The van der Waals surface area contributed by atoms with E-state index in [-0.39, 0.29) is 11.7 Å². The van der Waals surface area contributed by atoms with Crippen molar-refractivity contribution in [3.05, 3.63) is 53.1 Å². The SMILES string of the molecule is C=C[C@]1(C)C(Cl)=C[C@@H]2C(=O)[C@]1(N=C=S)c1cccc3c1[C@H](C(=O)N3C)C2(C)C. The molecule has 6 heteroatoms. The first-order chi connectivity index (χ1) is 13.1. The van der Waals surface area contributed by atoms with Gasteiger partial charge in [-0.3, -0.25) is 9.59 Å². The molecule has 0 radical (unpaired) electrons. The number of rotatable bonds is 2. The zero-order valence-electron chi connectivity index (χ0n) is 16.2.